The summed E-state index contributed by atoms with van der Waals surface area (Å²) >= 11 is 2.97. The van der Waals surface area contributed by atoms with E-state index in [0.29, 0.717) is 11.3 Å². The number of thioether (sulfide) groups is 1. The van der Waals surface area contributed by atoms with Gasteiger partial charge in [-0.3, -0.25) is 9.63 Å². The first-order chi connectivity index (χ1) is 9.40. The van der Waals surface area contributed by atoms with Crippen LogP contribution >= 0.6 is 23.1 Å². The van der Waals surface area contributed by atoms with Gasteiger partial charge in [-0.15, -0.1) is 11.3 Å². The molecule has 1 aromatic rings. The van der Waals surface area contributed by atoms with Crippen molar-refractivity contribution in [1.29, 1.82) is 0 Å². The Bertz CT molecular complexity index is 493. The lowest BCUT2D eigenvalue weighted by atomic mass is 10.1. The third kappa shape index (κ3) is 4.27. The molecule has 1 N–H and O–H groups in total. The van der Waals surface area contributed by atoms with Gasteiger partial charge in [0, 0.05) is 12.4 Å². The summed E-state index contributed by atoms with van der Waals surface area (Å²) in [4.78, 5) is 20.4. The van der Waals surface area contributed by atoms with E-state index in [9.17, 15) is 14.3 Å². The van der Waals surface area contributed by atoms with E-state index in [0.717, 1.165) is 9.40 Å². The molecule has 20 heavy (non-hydrogen) atoms. The van der Waals surface area contributed by atoms with Crippen LogP contribution in [-0.4, -0.2) is 53.7 Å². The number of hydrogen-bond acceptors (Lipinski definition) is 6. The van der Waals surface area contributed by atoms with E-state index < -0.39 is 18.2 Å². The van der Waals surface area contributed by atoms with Crippen LogP contribution in [0.25, 0.3) is 6.08 Å². The minimum atomic E-state index is -2.07. The molecule has 0 aliphatic rings. The van der Waals surface area contributed by atoms with E-state index in [1.165, 1.54) is 37.3 Å². The standard InChI is InChI=1S/C12H17FN2O3S2/c1-7(5-8-6-20-12(14-8)19-4)10(16)9(13)11(17)15(2)18-3/h5-6,9-10,16H,1-4H3/b7-5+/t9?,10-/m1/s1. The number of carbonyl (C=O) groups is 1. The van der Waals surface area contributed by atoms with Gasteiger partial charge in [-0.1, -0.05) is 11.8 Å². The van der Waals surface area contributed by atoms with Gasteiger partial charge in [0.1, 0.15) is 10.4 Å². The van der Waals surface area contributed by atoms with Crippen molar-refractivity contribution < 1.29 is 19.1 Å². The van der Waals surface area contributed by atoms with Gasteiger partial charge in [-0.25, -0.2) is 14.4 Å². The Labute approximate surface area is 125 Å². The van der Waals surface area contributed by atoms with Crippen molar-refractivity contribution >= 4 is 35.1 Å². The number of hydroxylamine groups is 2. The van der Waals surface area contributed by atoms with Crippen LogP contribution in [0.5, 0.6) is 0 Å². The zero-order valence-electron chi connectivity index (χ0n) is 11.7. The van der Waals surface area contributed by atoms with Crippen LogP contribution in [0.3, 0.4) is 0 Å². The number of halogens is 1. The van der Waals surface area contributed by atoms with Crippen LogP contribution in [0.15, 0.2) is 15.3 Å². The monoisotopic (exact) mass is 320 g/mol. The van der Waals surface area contributed by atoms with Crippen molar-refractivity contribution in [2.24, 2.45) is 0 Å². The van der Waals surface area contributed by atoms with Crippen LogP contribution in [0.1, 0.15) is 12.6 Å². The number of aromatic nitrogens is 1. The van der Waals surface area contributed by atoms with Crippen LogP contribution in [0.4, 0.5) is 4.39 Å². The predicted octanol–water partition coefficient (Wildman–Crippen LogP) is 1.99. The molecule has 0 spiro atoms. The lowest BCUT2D eigenvalue weighted by molar-refractivity contribution is -0.177. The maximum Gasteiger partial charge on any atom is 0.283 e. The summed E-state index contributed by atoms with van der Waals surface area (Å²) in [5.41, 5.74) is 0.962. The van der Waals surface area contributed by atoms with Crippen molar-refractivity contribution in [3.8, 4) is 0 Å². The molecule has 0 aliphatic carbocycles. The number of aliphatic hydroxyl groups is 1. The van der Waals surface area contributed by atoms with Gasteiger partial charge in [0.15, 0.2) is 0 Å². The molecule has 1 heterocycles. The fourth-order valence-electron chi connectivity index (χ4n) is 1.38. The van der Waals surface area contributed by atoms with E-state index >= 15 is 0 Å². The first-order valence-electron chi connectivity index (χ1n) is 5.72. The maximum absolute atomic E-state index is 13.9. The highest BCUT2D eigenvalue weighted by Gasteiger charge is 2.30. The summed E-state index contributed by atoms with van der Waals surface area (Å²) in [6, 6.07) is 0. The van der Waals surface area contributed by atoms with E-state index in [1.807, 2.05) is 6.26 Å². The van der Waals surface area contributed by atoms with Gasteiger partial charge in [0.05, 0.1) is 12.8 Å². The molecule has 0 saturated heterocycles. The highest BCUT2D eigenvalue weighted by Crippen LogP contribution is 2.22. The van der Waals surface area contributed by atoms with Crippen LogP contribution in [0, 0.1) is 0 Å². The molecule has 1 aromatic heterocycles. The molecule has 0 aromatic carbocycles. The first kappa shape index (κ1) is 17.1. The number of rotatable bonds is 6. The number of amides is 1. The number of aliphatic hydroxyl groups excluding tert-OH is 1. The molecule has 0 bridgehead atoms. The summed E-state index contributed by atoms with van der Waals surface area (Å²) in [6.45, 7) is 1.55. The van der Waals surface area contributed by atoms with Crippen molar-refractivity contribution in [3.63, 3.8) is 0 Å². The summed E-state index contributed by atoms with van der Waals surface area (Å²) < 4.78 is 14.7. The van der Waals surface area contributed by atoms with E-state index in [-0.39, 0.29) is 0 Å². The van der Waals surface area contributed by atoms with E-state index in [2.05, 4.69) is 9.82 Å². The lowest BCUT2D eigenvalue weighted by Gasteiger charge is -2.20. The Morgan fingerprint density at radius 1 is 1.70 bits per heavy atom. The Kier molecular flexibility index (Phi) is 6.60. The number of hydrogen-bond donors (Lipinski definition) is 1. The smallest absolute Gasteiger partial charge is 0.283 e. The molecule has 0 radical (unpaired) electrons. The average molecular weight is 320 g/mol. The average Bonchev–Trinajstić information content (AvgIpc) is 2.91. The topological polar surface area (TPSA) is 62.7 Å². The third-order valence-corrected chi connectivity index (χ3v) is 4.50. The number of thiazole rings is 1. The zero-order valence-corrected chi connectivity index (χ0v) is 13.3. The van der Waals surface area contributed by atoms with Gasteiger partial charge in [-0.2, -0.15) is 0 Å². The number of alkyl halides is 1. The van der Waals surface area contributed by atoms with E-state index in [4.69, 9.17) is 0 Å². The number of nitrogens with zero attached hydrogens (tertiary/aromatic N) is 2. The molecule has 0 aliphatic heterocycles. The molecule has 0 fully saturated rings. The maximum atomic E-state index is 13.9. The van der Waals surface area contributed by atoms with Gasteiger partial charge in [0.2, 0.25) is 6.17 Å². The molecular weight excluding hydrogens is 303 g/mol. The second-order valence-corrected chi connectivity index (χ2v) is 5.91. The summed E-state index contributed by atoms with van der Waals surface area (Å²) in [5.74, 6) is -0.934. The Morgan fingerprint density at radius 3 is 2.85 bits per heavy atom. The van der Waals surface area contributed by atoms with Crippen molar-refractivity contribution in [3.05, 3.63) is 16.6 Å². The van der Waals surface area contributed by atoms with Crippen molar-refractivity contribution in [1.82, 2.24) is 10.0 Å². The van der Waals surface area contributed by atoms with Gasteiger partial charge < -0.3 is 5.11 Å². The number of carbonyl (C=O) groups excluding carboxylic acids is 1. The van der Waals surface area contributed by atoms with Crippen molar-refractivity contribution in [2.45, 2.75) is 23.5 Å². The molecule has 0 saturated carbocycles. The zero-order chi connectivity index (χ0) is 15.3. The second-order valence-electron chi connectivity index (χ2n) is 4.00. The molecule has 2 atom stereocenters. The summed E-state index contributed by atoms with van der Waals surface area (Å²) in [5, 5.41) is 12.4. The summed E-state index contributed by atoms with van der Waals surface area (Å²) in [7, 11) is 2.53. The first-order valence-corrected chi connectivity index (χ1v) is 7.82. The van der Waals surface area contributed by atoms with Gasteiger partial charge in [0.25, 0.3) is 5.91 Å². The molecule has 5 nitrogen and oxygen atoms in total. The predicted molar refractivity (Wildman–Crippen MR) is 78.2 cm³/mol. The van der Waals surface area contributed by atoms with Gasteiger partial charge in [-0.05, 0) is 24.8 Å². The highest BCUT2D eigenvalue weighted by atomic mass is 32.2. The molecule has 8 heteroatoms. The minimum Gasteiger partial charge on any atom is -0.385 e. The van der Waals surface area contributed by atoms with Gasteiger partial charge >= 0.3 is 0 Å². The molecular formula is C12H17FN2O3S2. The van der Waals surface area contributed by atoms with Crippen LogP contribution in [0.2, 0.25) is 0 Å². The third-order valence-electron chi connectivity index (χ3n) is 2.61. The second kappa shape index (κ2) is 7.72. The lowest BCUT2D eigenvalue weighted by Crippen LogP contribution is -2.40. The highest BCUT2D eigenvalue weighted by molar-refractivity contribution is 8.00. The van der Waals surface area contributed by atoms with E-state index in [1.54, 1.807) is 18.4 Å². The fraction of sp³-hybridized carbons (Fsp3) is 0.500. The SMILES string of the molecule is CON(C)C(=O)C(F)[C@H](O)/C(C)=C/c1csc(SC)n1. The van der Waals surface area contributed by atoms with Crippen LogP contribution in [-0.2, 0) is 9.63 Å². The Balaban J connectivity index is 2.79. The largest absolute Gasteiger partial charge is 0.385 e. The van der Waals surface area contributed by atoms with Crippen LogP contribution < -0.4 is 0 Å². The summed E-state index contributed by atoms with van der Waals surface area (Å²) in [6.07, 6.45) is -0.132. The molecule has 112 valence electrons. The van der Waals surface area contributed by atoms with Crippen molar-refractivity contribution in [2.75, 3.05) is 20.4 Å². The molecule has 1 rings (SSSR count). The normalized spacial score (nSPS) is 15.0. The Morgan fingerprint density at radius 2 is 2.35 bits per heavy atom. The Hall–Kier alpha value is -0.960. The molecule has 1 amide bonds. The quantitative estimate of drug-likeness (QED) is 0.641. The fourth-order valence-corrected chi connectivity index (χ4v) is 2.60. The molecule has 1 unspecified atom stereocenters. The minimum absolute atomic E-state index is 0.327.